The molecule has 0 spiro atoms. The van der Waals surface area contributed by atoms with Crippen molar-refractivity contribution in [1.29, 1.82) is 0 Å². The second kappa shape index (κ2) is 6.44. The molecule has 1 aliphatic rings. The van der Waals surface area contributed by atoms with Crippen LogP contribution in [0.3, 0.4) is 0 Å². The first-order valence-corrected chi connectivity index (χ1v) is 7.73. The first kappa shape index (κ1) is 14.3. The number of halogens is 1. The van der Waals surface area contributed by atoms with Crippen LogP contribution in [0.25, 0.3) is 0 Å². The predicted molar refractivity (Wildman–Crippen MR) is 81.6 cm³/mol. The third-order valence-electron chi connectivity index (χ3n) is 3.19. The lowest BCUT2D eigenvalue weighted by molar-refractivity contribution is 0.171. The van der Waals surface area contributed by atoms with Gasteiger partial charge in [0.1, 0.15) is 13.2 Å². The minimum absolute atomic E-state index is 0.588. The molecule has 1 N–H and O–H groups in total. The maximum Gasteiger partial charge on any atom is 0.162 e. The second-order valence-corrected chi connectivity index (χ2v) is 5.63. The summed E-state index contributed by atoms with van der Waals surface area (Å²) in [6, 6.07) is 3.94. The Morgan fingerprint density at radius 2 is 2.05 bits per heavy atom. The van der Waals surface area contributed by atoms with E-state index in [0.717, 1.165) is 40.3 Å². The van der Waals surface area contributed by atoms with Gasteiger partial charge in [-0.1, -0.05) is 28.1 Å². The molecule has 1 aromatic heterocycles. The van der Waals surface area contributed by atoms with Crippen LogP contribution in [-0.2, 0) is 13.1 Å². The molecule has 3 rings (SSSR count). The third kappa shape index (κ3) is 3.36. The largest absolute Gasteiger partial charge is 0.486 e. The molecule has 21 heavy (non-hydrogen) atoms. The number of nitrogens with zero attached hydrogens (tertiary/aromatic N) is 3. The summed E-state index contributed by atoms with van der Waals surface area (Å²) in [6.07, 6.45) is 1.95. The van der Waals surface area contributed by atoms with E-state index in [1.54, 1.807) is 0 Å². The molecule has 1 aliphatic heterocycles. The standard InChI is InChI=1S/C14H17BrN4O2/c1-2-16-7-11-9-19(18-17-11)8-10-5-13-14(6-12(10)15)21-4-3-20-13/h5-6,9,16H,2-4,7-8H2,1H3. The van der Waals surface area contributed by atoms with Crippen LogP contribution in [-0.4, -0.2) is 34.8 Å². The summed E-state index contributed by atoms with van der Waals surface area (Å²) in [7, 11) is 0. The van der Waals surface area contributed by atoms with Crippen molar-refractivity contribution in [2.75, 3.05) is 19.8 Å². The van der Waals surface area contributed by atoms with Crippen molar-refractivity contribution in [3.63, 3.8) is 0 Å². The van der Waals surface area contributed by atoms with Gasteiger partial charge in [0, 0.05) is 11.0 Å². The minimum atomic E-state index is 0.588. The van der Waals surface area contributed by atoms with Gasteiger partial charge >= 0.3 is 0 Å². The summed E-state index contributed by atoms with van der Waals surface area (Å²) in [5.74, 6) is 1.57. The fourth-order valence-corrected chi connectivity index (χ4v) is 2.60. The number of nitrogens with one attached hydrogen (secondary N) is 1. The number of hydrogen-bond donors (Lipinski definition) is 1. The van der Waals surface area contributed by atoms with Gasteiger partial charge in [-0.25, -0.2) is 4.68 Å². The SMILES string of the molecule is CCNCc1cn(Cc2cc3c(cc2Br)OCCO3)nn1. The van der Waals surface area contributed by atoms with Gasteiger partial charge in [-0.05, 0) is 24.2 Å². The van der Waals surface area contributed by atoms with Crippen LogP contribution < -0.4 is 14.8 Å². The molecule has 6 nitrogen and oxygen atoms in total. The summed E-state index contributed by atoms with van der Waals surface area (Å²) in [4.78, 5) is 0. The molecule has 2 heterocycles. The predicted octanol–water partition coefficient (Wildman–Crippen LogP) is 1.97. The van der Waals surface area contributed by atoms with E-state index in [1.807, 2.05) is 23.0 Å². The van der Waals surface area contributed by atoms with Crippen LogP contribution >= 0.6 is 15.9 Å². The van der Waals surface area contributed by atoms with E-state index in [-0.39, 0.29) is 0 Å². The average molecular weight is 353 g/mol. The lowest BCUT2D eigenvalue weighted by atomic mass is 10.2. The van der Waals surface area contributed by atoms with Crippen LogP contribution in [0.5, 0.6) is 11.5 Å². The maximum atomic E-state index is 5.61. The smallest absolute Gasteiger partial charge is 0.162 e. The Balaban J connectivity index is 1.76. The Hall–Kier alpha value is -1.60. The molecular weight excluding hydrogens is 336 g/mol. The van der Waals surface area contributed by atoms with E-state index in [9.17, 15) is 0 Å². The molecule has 0 atom stereocenters. The molecule has 0 amide bonds. The molecule has 2 aromatic rings. The van der Waals surface area contributed by atoms with Crippen LogP contribution in [0.2, 0.25) is 0 Å². The van der Waals surface area contributed by atoms with Crippen LogP contribution in [0, 0.1) is 0 Å². The van der Waals surface area contributed by atoms with E-state index in [4.69, 9.17) is 9.47 Å². The second-order valence-electron chi connectivity index (χ2n) is 4.78. The zero-order valence-corrected chi connectivity index (χ0v) is 13.4. The van der Waals surface area contributed by atoms with Gasteiger partial charge in [-0.2, -0.15) is 0 Å². The first-order valence-electron chi connectivity index (χ1n) is 6.94. The maximum absolute atomic E-state index is 5.61. The minimum Gasteiger partial charge on any atom is -0.486 e. The van der Waals surface area contributed by atoms with Crippen molar-refractivity contribution in [2.24, 2.45) is 0 Å². The summed E-state index contributed by atoms with van der Waals surface area (Å²) in [5, 5.41) is 11.5. The molecule has 0 saturated heterocycles. The highest BCUT2D eigenvalue weighted by Crippen LogP contribution is 2.35. The monoisotopic (exact) mass is 352 g/mol. The lowest BCUT2D eigenvalue weighted by Gasteiger charge is -2.19. The Kier molecular flexibility index (Phi) is 4.40. The van der Waals surface area contributed by atoms with Crippen molar-refractivity contribution < 1.29 is 9.47 Å². The summed E-state index contributed by atoms with van der Waals surface area (Å²) in [5.41, 5.74) is 2.02. The highest BCUT2D eigenvalue weighted by molar-refractivity contribution is 9.10. The van der Waals surface area contributed by atoms with Crippen LogP contribution in [0.15, 0.2) is 22.8 Å². The normalized spacial score (nSPS) is 13.4. The Morgan fingerprint density at radius 3 is 2.81 bits per heavy atom. The van der Waals surface area contributed by atoms with Gasteiger partial charge in [-0.15, -0.1) is 5.10 Å². The number of fused-ring (bicyclic) bond motifs is 1. The van der Waals surface area contributed by atoms with Crippen molar-refractivity contribution >= 4 is 15.9 Å². The summed E-state index contributed by atoms with van der Waals surface area (Å²) >= 11 is 3.57. The molecule has 0 fully saturated rings. The lowest BCUT2D eigenvalue weighted by Crippen LogP contribution is -2.16. The third-order valence-corrected chi connectivity index (χ3v) is 3.92. The number of aromatic nitrogens is 3. The average Bonchev–Trinajstić information content (AvgIpc) is 2.93. The van der Waals surface area contributed by atoms with Crippen molar-refractivity contribution in [3.8, 4) is 11.5 Å². The molecule has 112 valence electrons. The number of hydrogen-bond acceptors (Lipinski definition) is 5. The number of rotatable bonds is 5. The quantitative estimate of drug-likeness (QED) is 0.891. The first-order chi connectivity index (χ1) is 10.3. The van der Waals surface area contributed by atoms with E-state index in [2.05, 4.69) is 38.5 Å². The zero-order valence-electron chi connectivity index (χ0n) is 11.8. The van der Waals surface area contributed by atoms with Crippen molar-refractivity contribution in [1.82, 2.24) is 20.3 Å². The van der Waals surface area contributed by atoms with Crippen molar-refractivity contribution in [2.45, 2.75) is 20.0 Å². The summed E-state index contributed by atoms with van der Waals surface area (Å²) in [6.45, 7) is 5.53. The fourth-order valence-electron chi connectivity index (χ4n) is 2.15. The highest BCUT2D eigenvalue weighted by Gasteiger charge is 2.15. The van der Waals surface area contributed by atoms with E-state index in [1.165, 1.54) is 0 Å². The van der Waals surface area contributed by atoms with Gasteiger partial charge in [0.25, 0.3) is 0 Å². The molecular formula is C14H17BrN4O2. The zero-order chi connectivity index (χ0) is 14.7. The van der Waals surface area contributed by atoms with E-state index < -0.39 is 0 Å². The molecule has 0 unspecified atom stereocenters. The summed E-state index contributed by atoms with van der Waals surface area (Å²) < 4.78 is 14.0. The van der Waals surface area contributed by atoms with E-state index in [0.29, 0.717) is 19.8 Å². The molecule has 1 aromatic carbocycles. The van der Waals surface area contributed by atoms with Crippen LogP contribution in [0.4, 0.5) is 0 Å². The topological polar surface area (TPSA) is 61.2 Å². The Bertz CT molecular complexity index is 629. The van der Waals surface area contributed by atoms with Gasteiger partial charge in [0.05, 0.1) is 18.4 Å². The highest BCUT2D eigenvalue weighted by atomic mass is 79.9. The molecule has 0 aliphatic carbocycles. The number of benzene rings is 1. The molecule has 7 heteroatoms. The van der Waals surface area contributed by atoms with Crippen LogP contribution in [0.1, 0.15) is 18.2 Å². The Labute approximate surface area is 131 Å². The number of ether oxygens (including phenoxy) is 2. The molecule has 0 radical (unpaired) electrons. The molecule has 0 bridgehead atoms. The van der Waals surface area contributed by atoms with Gasteiger partial charge < -0.3 is 14.8 Å². The van der Waals surface area contributed by atoms with Crippen molar-refractivity contribution in [3.05, 3.63) is 34.1 Å². The molecule has 0 saturated carbocycles. The van der Waals surface area contributed by atoms with Gasteiger partial charge in [-0.3, -0.25) is 0 Å². The fraction of sp³-hybridized carbons (Fsp3) is 0.429. The Morgan fingerprint density at radius 1 is 1.29 bits per heavy atom. The van der Waals surface area contributed by atoms with E-state index >= 15 is 0 Å². The van der Waals surface area contributed by atoms with Gasteiger partial charge in [0.2, 0.25) is 0 Å². The van der Waals surface area contributed by atoms with Gasteiger partial charge in [0.15, 0.2) is 11.5 Å².